The number of aryl methyl sites for hydroxylation is 2. The zero-order chi connectivity index (χ0) is 20.5. The minimum absolute atomic E-state index is 0.0535. The first-order valence-electron chi connectivity index (χ1n) is 9.28. The Kier molecular flexibility index (Phi) is 8.41. The monoisotopic (exact) mass is 402 g/mol. The Morgan fingerprint density at radius 3 is 2.57 bits per heavy atom. The Labute approximate surface area is 171 Å². The van der Waals surface area contributed by atoms with Crippen LogP contribution in [0.3, 0.4) is 0 Å². The van der Waals surface area contributed by atoms with Gasteiger partial charge in [0.05, 0.1) is 17.2 Å². The van der Waals surface area contributed by atoms with E-state index >= 15 is 0 Å². The topological polar surface area (TPSA) is 81.7 Å². The summed E-state index contributed by atoms with van der Waals surface area (Å²) in [5.41, 5.74) is 2.74. The highest BCUT2D eigenvalue weighted by Gasteiger charge is 2.08. The average Bonchev–Trinajstić information content (AvgIpc) is 2.99. The van der Waals surface area contributed by atoms with Crippen LogP contribution in [0.2, 0.25) is 0 Å². The molecule has 1 aromatic carbocycles. The first kappa shape index (κ1) is 21.8. The molecule has 0 fully saturated rings. The highest BCUT2D eigenvalue weighted by molar-refractivity contribution is 7.11. The van der Waals surface area contributed by atoms with Crippen LogP contribution in [0.25, 0.3) is 0 Å². The van der Waals surface area contributed by atoms with Gasteiger partial charge in [0.25, 0.3) is 5.91 Å². The second-order valence-corrected chi connectivity index (χ2v) is 8.07. The maximum atomic E-state index is 12.3. The molecule has 2 aromatic rings. The Morgan fingerprint density at radius 1 is 1.18 bits per heavy atom. The van der Waals surface area contributed by atoms with E-state index in [0.717, 1.165) is 22.8 Å². The van der Waals surface area contributed by atoms with Crippen LogP contribution in [0.1, 0.15) is 31.5 Å². The van der Waals surface area contributed by atoms with Gasteiger partial charge in [-0.2, -0.15) is 0 Å². The predicted molar refractivity (Wildman–Crippen MR) is 116 cm³/mol. The van der Waals surface area contributed by atoms with Crippen LogP contribution in [0.15, 0.2) is 29.3 Å². The number of likely N-dealkylation sites (N-methyl/N-ethyl adjacent to an activating group) is 1. The number of carbonyl (C=O) groups excluding carboxylic acids is 1. The third-order valence-electron chi connectivity index (χ3n) is 4.13. The molecule has 0 unspecified atom stereocenters. The van der Waals surface area contributed by atoms with Crippen LogP contribution in [0, 0.1) is 13.8 Å². The van der Waals surface area contributed by atoms with Gasteiger partial charge in [-0.05, 0) is 45.6 Å². The third-order valence-corrected chi connectivity index (χ3v) is 5.21. The van der Waals surface area contributed by atoms with E-state index in [4.69, 9.17) is 0 Å². The number of nitrogens with one attached hydrogen (secondary N) is 3. The zero-order valence-corrected chi connectivity index (χ0v) is 18.1. The molecular formula is C20H30N6OS. The van der Waals surface area contributed by atoms with Gasteiger partial charge in [0.2, 0.25) is 0 Å². The fourth-order valence-electron chi connectivity index (χ4n) is 2.63. The van der Waals surface area contributed by atoms with Crippen molar-refractivity contribution in [2.45, 2.75) is 26.9 Å². The lowest BCUT2D eigenvalue weighted by atomic mass is 10.1. The van der Waals surface area contributed by atoms with Gasteiger partial charge in [0.15, 0.2) is 5.96 Å². The first-order chi connectivity index (χ1) is 13.4. The average molecular weight is 403 g/mol. The van der Waals surface area contributed by atoms with E-state index in [-0.39, 0.29) is 5.91 Å². The molecule has 1 amide bonds. The van der Waals surface area contributed by atoms with Crippen molar-refractivity contribution in [3.05, 3.63) is 51.0 Å². The molecule has 152 valence electrons. The van der Waals surface area contributed by atoms with Gasteiger partial charge in [0.1, 0.15) is 0 Å². The number of hydrogen-bond acceptors (Lipinski definition) is 5. The molecule has 0 spiro atoms. The van der Waals surface area contributed by atoms with Gasteiger partial charge in [0, 0.05) is 37.1 Å². The van der Waals surface area contributed by atoms with Crippen molar-refractivity contribution in [3.63, 3.8) is 0 Å². The minimum Gasteiger partial charge on any atom is -0.352 e. The standard InChI is InChI=1S/C20H30N6OS/c1-14-18(28-15(2)25-14)13-24-20(21-3)23-12-16-7-6-8-17(11-16)19(27)22-9-10-26(4)5/h6-8,11H,9-10,12-13H2,1-5H3,(H,22,27)(H2,21,23,24). The molecule has 0 saturated heterocycles. The number of benzene rings is 1. The summed E-state index contributed by atoms with van der Waals surface area (Å²) >= 11 is 1.69. The van der Waals surface area contributed by atoms with Gasteiger partial charge < -0.3 is 20.9 Å². The summed E-state index contributed by atoms with van der Waals surface area (Å²) in [6, 6.07) is 7.63. The molecule has 0 radical (unpaired) electrons. The van der Waals surface area contributed by atoms with E-state index in [1.807, 2.05) is 57.1 Å². The summed E-state index contributed by atoms with van der Waals surface area (Å²) < 4.78 is 0. The first-order valence-corrected chi connectivity index (χ1v) is 10.1. The highest BCUT2D eigenvalue weighted by atomic mass is 32.1. The summed E-state index contributed by atoms with van der Waals surface area (Å²) in [6.45, 7) is 6.74. The van der Waals surface area contributed by atoms with Crippen LogP contribution in [0.5, 0.6) is 0 Å². The van der Waals surface area contributed by atoms with Gasteiger partial charge in [-0.25, -0.2) is 4.98 Å². The number of rotatable bonds is 8. The normalized spacial score (nSPS) is 11.6. The van der Waals surface area contributed by atoms with E-state index in [1.165, 1.54) is 4.88 Å². The molecule has 8 heteroatoms. The molecule has 3 N–H and O–H groups in total. The molecule has 0 aliphatic carbocycles. The highest BCUT2D eigenvalue weighted by Crippen LogP contribution is 2.16. The molecule has 2 rings (SSSR count). The minimum atomic E-state index is -0.0535. The van der Waals surface area contributed by atoms with Gasteiger partial charge in [-0.1, -0.05) is 12.1 Å². The van der Waals surface area contributed by atoms with Crippen molar-refractivity contribution in [1.82, 2.24) is 25.8 Å². The number of thiazole rings is 1. The predicted octanol–water partition coefficient (Wildman–Crippen LogP) is 1.92. The van der Waals surface area contributed by atoms with Crippen LogP contribution >= 0.6 is 11.3 Å². The Bertz CT molecular complexity index is 815. The molecular weight excluding hydrogens is 372 g/mol. The lowest BCUT2D eigenvalue weighted by Gasteiger charge is -2.13. The lowest BCUT2D eigenvalue weighted by Crippen LogP contribution is -2.36. The Hall–Kier alpha value is -2.45. The number of aliphatic imine (C=N–C) groups is 1. The number of guanidine groups is 1. The number of carbonyl (C=O) groups is 1. The fraction of sp³-hybridized carbons (Fsp3) is 0.450. The third kappa shape index (κ3) is 6.94. The zero-order valence-electron chi connectivity index (χ0n) is 17.3. The lowest BCUT2D eigenvalue weighted by molar-refractivity contribution is 0.0951. The summed E-state index contributed by atoms with van der Waals surface area (Å²) in [6.07, 6.45) is 0. The van der Waals surface area contributed by atoms with Crippen LogP contribution in [-0.4, -0.2) is 56.0 Å². The molecule has 0 atom stereocenters. The van der Waals surface area contributed by atoms with E-state index in [0.29, 0.717) is 31.2 Å². The number of nitrogens with zero attached hydrogens (tertiary/aromatic N) is 3. The molecule has 7 nitrogen and oxygen atoms in total. The molecule has 0 aliphatic heterocycles. The molecule has 0 aliphatic rings. The Morgan fingerprint density at radius 2 is 1.93 bits per heavy atom. The van der Waals surface area contributed by atoms with Gasteiger partial charge in [-0.15, -0.1) is 11.3 Å². The summed E-state index contributed by atoms with van der Waals surface area (Å²) in [4.78, 5) is 24.2. The molecule has 0 bridgehead atoms. The SMILES string of the molecule is CN=C(NCc1cccc(C(=O)NCCN(C)C)c1)NCc1sc(C)nc1C. The largest absolute Gasteiger partial charge is 0.352 e. The second-order valence-electron chi connectivity index (χ2n) is 6.78. The number of aromatic nitrogens is 1. The van der Waals surface area contributed by atoms with E-state index in [1.54, 1.807) is 18.4 Å². The van der Waals surface area contributed by atoms with Crippen molar-refractivity contribution in [3.8, 4) is 0 Å². The molecule has 1 heterocycles. The van der Waals surface area contributed by atoms with E-state index in [2.05, 4.69) is 25.9 Å². The van der Waals surface area contributed by atoms with Crippen molar-refractivity contribution < 1.29 is 4.79 Å². The summed E-state index contributed by atoms with van der Waals surface area (Å²) in [5.74, 6) is 0.661. The smallest absolute Gasteiger partial charge is 0.251 e. The van der Waals surface area contributed by atoms with Crippen LogP contribution in [-0.2, 0) is 13.1 Å². The summed E-state index contributed by atoms with van der Waals surface area (Å²) in [7, 11) is 5.71. The summed E-state index contributed by atoms with van der Waals surface area (Å²) in [5, 5.41) is 10.6. The maximum Gasteiger partial charge on any atom is 0.251 e. The van der Waals surface area contributed by atoms with E-state index in [9.17, 15) is 4.79 Å². The number of hydrogen-bond donors (Lipinski definition) is 3. The second kappa shape index (κ2) is 10.8. The van der Waals surface area contributed by atoms with Crippen LogP contribution in [0.4, 0.5) is 0 Å². The maximum absolute atomic E-state index is 12.3. The molecule has 28 heavy (non-hydrogen) atoms. The van der Waals surface area contributed by atoms with Crippen molar-refractivity contribution >= 4 is 23.2 Å². The number of amides is 1. The van der Waals surface area contributed by atoms with Crippen molar-refractivity contribution in [2.75, 3.05) is 34.2 Å². The van der Waals surface area contributed by atoms with E-state index < -0.39 is 0 Å². The fourth-order valence-corrected chi connectivity index (χ4v) is 3.50. The van der Waals surface area contributed by atoms with Crippen molar-refractivity contribution in [2.24, 2.45) is 4.99 Å². The van der Waals surface area contributed by atoms with Gasteiger partial charge >= 0.3 is 0 Å². The van der Waals surface area contributed by atoms with Crippen molar-refractivity contribution in [1.29, 1.82) is 0 Å². The molecule has 1 aromatic heterocycles. The molecule has 0 saturated carbocycles. The van der Waals surface area contributed by atoms with Gasteiger partial charge in [-0.3, -0.25) is 9.79 Å². The quantitative estimate of drug-likeness (QED) is 0.464. The van der Waals surface area contributed by atoms with Crippen LogP contribution < -0.4 is 16.0 Å². The Balaban J connectivity index is 1.86.